The fourth-order valence-electron chi connectivity index (χ4n) is 3.22. The van der Waals surface area contributed by atoms with Crippen LogP contribution in [0.3, 0.4) is 0 Å². The number of benzene rings is 1. The zero-order valence-electron chi connectivity index (χ0n) is 18.1. The summed E-state index contributed by atoms with van der Waals surface area (Å²) in [6, 6.07) is 6.05. The summed E-state index contributed by atoms with van der Waals surface area (Å²) in [6.45, 7) is 7.48. The molecule has 1 N–H and O–H groups in total. The van der Waals surface area contributed by atoms with Crippen LogP contribution in [0.1, 0.15) is 25.3 Å². The minimum absolute atomic E-state index is 0. The molecular weight excluding hydrogens is 485 g/mol. The van der Waals surface area contributed by atoms with Gasteiger partial charge in [0.2, 0.25) is 0 Å². The molecule has 0 aliphatic carbocycles. The lowest BCUT2D eigenvalue weighted by molar-refractivity contribution is 0.0536. The molecule has 1 heterocycles. The highest BCUT2D eigenvalue weighted by atomic mass is 127. The first-order chi connectivity index (χ1) is 13.7. The summed E-state index contributed by atoms with van der Waals surface area (Å²) in [5.41, 5.74) is 1.13. The number of ether oxygens (including phenoxy) is 4. The molecule has 1 saturated heterocycles. The Morgan fingerprint density at radius 3 is 2.72 bits per heavy atom. The first-order valence-electron chi connectivity index (χ1n) is 10.0. The Balaban J connectivity index is 0.00000420. The molecule has 7 nitrogen and oxygen atoms in total. The van der Waals surface area contributed by atoms with Gasteiger partial charge >= 0.3 is 0 Å². The maximum atomic E-state index is 5.72. The molecule has 0 saturated carbocycles. The first kappa shape index (κ1) is 25.8. The number of guanidine groups is 1. The van der Waals surface area contributed by atoms with Crippen molar-refractivity contribution >= 4 is 29.9 Å². The molecule has 0 amide bonds. The van der Waals surface area contributed by atoms with E-state index in [2.05, 4.69) is 28.2 Å². The molecule has 29 heavy (non-hydrogen) atoms. The second kappa shape index (κ2) is 14.7. The lowest BCUT2D eigenvalue weighted by Crippen LogP contribution is -2.39. The van der Waals surface area contributed by atoms with E-state index in [0.717, 1.165) is 55.6 Å². The van der Waals surface area contributed by atoms with E-state index < -0.39 is 0 Å². The van der Waals surface area contributed by atoms with Gasteiger partial charge in [0, 0.05) is 39.7 Å². The van der Waals surface area contributed by atoms with Gasteiger partial charge in [-0.25, -0.2) is 0 Å². The number of methoxy groups -OCH3 is 2. The molecule has 8 heteroatoms. The number of nitrogens with one attached hydrogen (secondary N) is 1. The van der Waals surface area contributed by atoms with E-state index in [1.165, 1.54) is 0 Å². The molecule has 1 fully saturated rings. The van der Waals surface area contributed by atoms with Crippen LogP contribution in [-0.2, 0) is 16.0 Å². The molecule has 2 rings (SSSR count). The van der Waals surface area contributed by atoms with Crippen molar-refractivity contribution in [1.82, 2.24) is 10.2 Å². The van der Waals surface area contributed by atoms with Crippen LogP contribution in [0.5, 0.6) is 11.5 Å². The largest absolute Gasteiger partial charge is 0.493 e. The van der Waals surface area contributed by atoms with Crippen LogP contribution in [0.15, 0.2) is 23.2 Å². The summed E-state index contributed by atoms with van der Waals surface area (Å²) in [4.78, 5) is 6.74. The average Bonchev–Trinajstić information content (AvgIpc) is 3.19. The maximum absolute atomic E-state index is 5.72. The van der Waals surface area contributed by atoms with Crippen LogP contribution < -0.4 is 14.8 Å². The van der Waals surface area contributed by atoms with Crippen molar-refractivity contribution in [2.75, 3.05) is 60.8 Å². The van der Waals surface area contributed by atoms with Crippen molar-refractivity contribution in [3.8, 4) is 11.5 Å². The Morgan fingerprint density at radius 2 is 2.03 bits per heavy atom. The van der Waals surface area contributed by atoms with Gasteiger partial charge in [-0.2, -0.15) is 0 Å². The average molecular weight is 521 g/mol. The normalized spacial score (nSPS) is 16.5. The summed E-state index contributed by atoms with van der Waals surface area (Å²) >= 11 is 0. The Labute approximate surface area is 192 Å². The molecule has 1 aromatic rings. The zero-order chi connectivity index (χ0) is 20.2. The summed E-state index contributed by atoms with van der Waals surface area (Å²) in [5.74, 6) is 3.00. The third kappa shape index (κ3) is 8.55. The molecule has 1 atom stereocenters. The number of likely N-dealkylation sites (tertiary alicyclic amines) is 1. The molecule has 1 aliphatic heterocycles. The molecule has 1 aliphatic rings. The summed E-state index contributed by atoms with van der Waals surface area (Å²) in [5, 5.41) is 3.46. The van der Waals surface area contributed by atoms with Crippen LogP contribution in [-0.4, -0.2) is 71.6 Å². The second-order valence-corrected chi connectivity index (χ2v) is 6.90. The number of aliphatic imine (C=N–C) groups is 1. The van der Waals surface area contributed by atoms with E-state index in [4.69, 9.17) is 18.9 Å². The number of hydrogen-bond acceptors (Lipinski definition) is 5. The minimum atomic E-state index is 0. The molecule has 166 valence electrons. The maximum Gasteiger partial charge on any atom is 0.193 e. The lowest BCUT2D eigenvalue weighted by Gasteiger charge is -2.22. The second-order valence-electron chi connectivity index (χ2n) is 6.90. The Bertz CT molecular complexity index is 616. The van der Waals surface area contributed by atoms with E-state index in [1.807, 2.05) is 19.2 Å². The van der Waals surface area contributed by atoms with Gasteiger partial charge in [-0.05, 0) is 30.5 Å². The van der Waals surface area contributed by atoms with Gasteiger partial charge in [-0.15, -0.1) is 24.0 Å². The fraction of sp³-hybridized carbons (Fsp3) is 0.667. The van der Waals surface area contributed by atoms with Crippen LogP contribution in [0.25, 0.3) is 0 Å². The number of rotatable bonds is 11. The standard InChI is InChI=1S/C21H35N3O4.HI/c1-5-10-28-19-7-6-17(13-20(19)26-4)14-23-21(22-2)24-9-8-18(15-24)16-27-12-11-25-3;/h6-7,13,18H,5,8-12,14-16H2,1-4H3,(H,22,23);1H. The Hall–Kier alpha value is -1.26. The smallest absolute Gasteiger partial charge is 0.193 e. The first-order valence-corrected chi connectivity index (χ1v) is 10.0. The van der Waals surface area contributed by atoms with E-state index in [-0.39, 0.29) is 24.0 Å². The van der Waals surface area contributed by atoms with Crippen molar-refractivity contribution in [3.05, 3.63) is 23.8 Å². The summed E-state index contributed by atoms with van der Waals surface area (Å²) in [7, 11) is 5.19. The summed E-state index contributed by atoms with van der Waals surface area (Å²) in [6.07, 6.45) is 2.09. The number of halogens is 1. The van der Waals surface area contributed by atoms with E-state index >= 15 is 0 Å². The SMILES string of the molecule is CCCOc1ccc(CNC(=NC)N2CCC(COCCOC)C2)cc1OC.I. The van der Waals surface area contributed by atoms with E-state index in [1.54, 1.807) is 14.2 Å². The summed E-state index contributed by atoms with van der Waals surface area (Å²) < 4.78 is 21.9. The van der Waals surface area contributed by atoms with Gasteiger partial charge in [0.05, 0.1) is 33.5 Å². The highest BCUT2D eigenvalue weighted by Gasteiger charge is 2.24. The topological polar surface area (TPSA) is 64.6 Å². The highest BCUT2D eigenvalue weighted by Crippen LogP contribution is 2.28. The van der Waals surface area contributed by atoms with Gasteiger partial charge in [0.15, 0.2) is 17.5 Å². The van der Waals surface area contributed by atoms with Gasteiger partial charge < -0.3 is 29.2 Å². The van der Waals surface area contributed by atoms with Crippen molar-refractivity contribution in [1.29, 1.82) is 0 Å². The fourth-order valence-corrected chi connectivity index (χ4v) is 3.22. The van der Waals surface area contributed by atoms with Crippen molar-refractivity contribution in [3.63, 3.8) is 0 Å². The van der Waals surface area contributed by atoms with Crippen LogP contribution in [0.2, 0.25) is 0 Å². The van der Waals surface area contributed by atoms with Crippen LogP contribution >= 0.6 is 24.0 Å². The molecule has 0 radical (unpaired) electrons. The zero-order valence-corrected chi connectivity index (χ0v) is 20.4. The molecule has 0 aromatic heterocycles. The van der Waals surface area contributed by atoms with Crippen LogP contribution in [0, 0.1) is 5.92 Å². The van der Waals surface area contributed by atoms with Gasteiger partial charge in [-0.1, -0.05) is 13.0 Å². The van der Waals surface area contributed by atoms with Crippen molar-refractivity contribution < 1.29 is 18.9 Å². The third-order valence-electron chi connectivity index (χ3n) is 4.72. The molecule has 1 aromatic carbocycles. The van der Waals surface area contributed by atoms with E-state index in [0.29, 0.717) is 32.3 Å². The Kier molecular flexibility index (Phi) is 13.0. The van der Waals surface area contributed by atoms with Gasteiger partial charge in [0.25, 0.3) is 0 Å². The molecular formula is C21H36IN3O4. The predicted octanol–water partition coefficient (Wildman–Crippen LogP) is 3.16. The van der Waals surface area contributed by atoms with Crippen molar-refractivity contribution in [2.24, 2.45) is 10.9 Å². The van der Waals surface area contributed by atoms with Gasteiger partial charge in [-0.3, -0.25) is 4.99 Å². The number of nitrogens with zero attached hydrogens (tertiary/aromatic N) is 2. The van der Waals surface area contributed by atoms with Crippen LogP contribution in [0.4, 0.5) is 0 Å². The quantitative estimate of drug-likeness (QED) is 0.209. The minimum Gasteiger partial charge on any atom is -0.493 e. The third-order valence-corrected chi connectivity index (χ3v) is 4.72. The Morgan fingerprint density at radius 1 is 1.21 bits per heavy atom. The monoisotopic (exact) mass is 521 g/mol. The molecule has 0 spiro atoms. The highest BCUT2D eigenvalue weighted by molar-refractivity contribution is 14.0. The van der Waals surface area contributed by atoms with E-state index in [9.17, 15) is 0 Å². The van der Waals surface area contributed by atoms with Gasteiger partial charge in [0.1, 0.15) is 0 Å². The predicted molar refractivity (Wildman–Crippen MR) is 127 cm³/mol. The lowest BCUT2D eigenvalue weighted by atomic mass is 10.1. The van der Waals surface area contributed by atoms with Crippen molar-refractivity contribution in [2.45, 2.75) is 26.3 Å². The molecule has 0 bridgehead atoms. The number of hydrogen-bond donors (Lipinski definition) is 1. The molecule has 1 unspecified atom stereocenters.